The van der Waals surface area contributed by atoms with Gasteiger partial charge in [-0.25, -0.2) is 4.98 Å². The van der Waals surface area contributed by atoms with Gasteiger partial charge in [0.05, 0.1) is 0 Å². The number of anilines is 1. The number of rotatable bonds is 3. The van der Waals surface area contributed by atoms with E-state index < -0.39 is 10.2 Å². The minimum atomic E-state index is -1.83. The molecule has 0 fully saturated rings. The van der Waals surface area contributed by atoms with E-state index in [0.717, 1.165) is 14.1 Å². The zero-order valence-corrected chi connectivity index (χ0v) is 12.4. The summed E-state index contributed by atoms with van der Waals surface area (Å²) in [7, 11) is -1.83. The van der Waals surface area contributed by atoms with Gasteiger partial charge in [-0.2, -0.15) is 0 Å². The molecule has 0 aliphatic heterocycles. The average molecular weight is 301 g/mol. The molecule has 0 aliphatic carbocycles. The zero-order chi connectivity index (χ0) is 14.0. The Bertz CT molecular complexity index is 656. The van der Waals surface area contributed by atoms with Gasteiger partial charge in [-0.3, -0.25) is 5.14 Å². The molecule has 3 nitrogen and oxygen atoms in total. The number of aromatic nitrogens is 1. The lowest BCUT2D eigenvalue weighted by Crippen LogP contribution is -2.12. The first kappa shape index (κ1) is 13.2. The number of thiazole rings is 1. The molecule has 0 saturated heterocycles. The fourth-order valence-corrected chi connectivity index (χ4v) is 5.88. The van der Waals surface area contributed by atoms with E-state index in [2.05, 4.69) is 29.2 Å². The van der Waals surface area contributed by atoms with Crippen molar-refractivity contribution in [1.82, 2.24) is 4.98 Å². The Morgan fingerprint density at radius 2 is 1.35 bits per heavy atom. The second kappa shape index (κ2) is 5.28. The third-order valence-electron chi connectivity index (χ3n) is 3.01. The van der Waals surface area contributed by atoms with Gasteiger partial charge in [0.25, 0.3) is 0 Å². The first-order valence-corrected chi connectivity index (χ1v) is 8.71. The minimum Gasteiger partial charge on any atom is -0.383 e. The van der Waals surface area contributed by atoms with Gasteiger partial charge in [-0.15, -0.1) is 11.3 Å². The summed E-state index contributed by atoms with van der Waals surface area (Å²) in [5.41, 5.74) is 5.79. The summed E-state index contributed by atoms with van der Waals surface area (Å²) >= 11 is 1.52. The topological polar surface area (TPSA) is 64.9 Å². The molecule has 0 radical (unpaired) electrons. The van der Waals surface area contributed by atoms with E-state index in [-0.39, 0.29) is 0 Å². The van der Waals surface area contributed by atoms with Gasteiger partial charge in [0, 0.05) is 15.2 Å². The largest absolute Gasteiger partial charge is 0.383 e. The first-order valence-electron chi connectivity index (χ1n) is 6.13. The van der Waals surface area contributed by atoms with E-state index in [4.69, 9.17) is 10.9 Å². The molecule has 1 aromatic heterocycles. The lowest BCUT2D eigenvalue weighted by molar-refractivity contribution is 1.20. The third kappa shape index (κ3) is 2.20. The molecule has 0 amide bonds. The van der Waals surface area contributed by atoms with Gasteiger partial charge in [0.2, 0.25) is 0 Å². The molecule has 1 heterocycles. The number of hydrogen-bond acceptors (Lipinski definition) is 4. The number of benzene rings is 2. The first-order chi connectivity index (χ1) is 9.71. The highest BCUT2D eigenvalue weighted by Gasteiger charge is 2.29. The van der Waals surface area contributed by atoms with Crippen molar-refractivity contribution in [1.29, 1.82) is 0 Å². The predicted molar refractivity (Wildman–Crippen MR) is 86.0 cm³/mol. The van der Waals surface area contributed by atoms with Crippen LogP contribution in [0.1, 0.15) is 0 Å². The van der Waals surface area contributed by atoms with Crippen LogP contribution in [-0.4, -0.2) is 4.98 Å². The summed E-state index contributed by atoms with van der Waals surface area (Å²) in [6, 6.07) is 20.2. The van der Waals surface area contributed by atoms with Crippen LogP contribution < -0.4 is 10.9 Å². The molecule has 3 aromatic rings. The summed E-state index contributed by atoms with van der Waals surface area (Å²) in [5, 5.41) is 8.69. The Hall–Kier alpha value is -1.82. The number of nitrogens with two attached hydrogens (primary N) is 2. The molecule has 0 aliphatic rings. The van der Waals surface area contributed by atoms with Crippen LogP contribution in [-0.2, 0) is 0 Å². The van der Waals surface area contributed by atoms with Crippen LogP contribution in [0, 0.1) is 0 Å². The lowest BCUT2D eigenvalue weighted by Gasteiger charge is -2.34. The van der Waals surface area contributed by atoms with Crippen molar-refractivity contribution in [2.45, 2.75) is 14.1 Å². The summed E-state index contributed by atoms with van der Waals surface area (Å²) in [4.78, 5) is 6.61. The molecular weight excluding hydrogens is 286 g/mol. The van der Waals surface area contributed by atoms with E-state index in [1.165, 1.54) is 11.3 Å². The molecule has 0 saturated carbocycles. The highest BCUT2D eigenvalue weighted by molar-refractivity contribution is 8.33. The summed E-state index contributed by atoms with van der Waals surface area (Å²) < 4.78 is 0.882. The molecule has 3 rings (SSSR count). The second-order valence-corrected chi connectivity index (χ2v) is 8.09. The second-order valence-electron chi connectivity index (χ2n) is 4.32. The maximum atomic E-state index is 6.85. The Balaban J connectivity index is 2.23. The molecule has 2 aromatic carbocycles. The Kier molecular flexibility index (Phi) is 3.48. The SMILES string of the molecule is Nc1csc(S(N)(c2ccccc2)c2ccccc2)n1. The van der Waals surface area contributed by atoms with Gasteiger partial charge < -0.3 is 5.73 Å². The quantitative estimate of drug-likeness (QED) is 0.771. The van der Waals surface area contributed by atoms with E-state index in [1.54, 1.807) is 0 Å². The molecule has 0 spiro atoms. The van der Waals surface area contributed by atoms with Crippen LogP contribution in [0.5, 0.6) is 0 Å². The van der Waals surface area contributed by atoms with Crippen LogP contribution >= 0.6 is 21.6 Å². The maximum Gasteiger partial charge on any atom is 0.155 e. The van der Waals surface area contributed by atoms with Crippen LogP contribution in [0.3, 0.4) is 0 Å². The van der Waals surface area contributed by atoms with Crippen molar-refractivity contribution in [3.63, 3.8) is 0 Å². The predicted octanol–water partition coefficient (Wildman–Crippen LogP) is 3.88. The Morgan fingerprint density at radius 3 is 1.75 bits per heavy atom. The molecule has 0 atom stereocenters. The van der Waals surface area contributed by atoms with Crippen LogP contribution in [0.25, 0.3) is 0 Å². The number of hydrogen-bond donors (Lipinski definition) is 2. The zero-order valence-electron chi connectivity index (χ0n) is 10.8. The van der Waals surface area contributed by atoms with Crippen molar-refractivity contribution in [2.24, 2.45) is 5.14 Å². The van der Waals surface area contributed by atoms with E-state index >= 15 is 0 Å². The molecule has 5 heteroatoms. The number of nitrogen functional groups attached to an aromatic ring is 1. The van der Waals surface area contributed by atoms with Crippen LogP contribution in [0.15, 0.2) is 80.2 Å². The van der Waals surface area contributed by atoms with Gasteiger partial charge in [0.1, 0.15) is 5.82 Å². The summed E-state index contributed by atoms with van der Waals surface area (Å²) in [6.07, 6.45) is 0. The smallest absolute Gasteiger partial charge is 0.155 e. The standard InChI is InChI=1S/C15H15N3S2/c16-14-11-19-15(18-14)20(17,12-7-3-1-4-8-12)13-9-5-2-6-10-13/h1-11H,16-17H2. The average Bonchev–Trinajstić information content (AvgIpc) is 2.95. The van der Waals surface area contributed by atoms with Crippen molar-refractivity contribution < 1.29 is 0 Å². The summed E-state index contributed by atoms with van der Waals surface area (Å²) in [6.45, 7) is 0. The minimum absolute atomic E-state index is 0.527. The maximum absolute atomic E-state index is 6.85. The normalized spacial score (nSPS) is 12.2. The molecule has 0 unspecified atom stereocenters. The fourth-order valence-electron chi connectivity index (χ4n) is 2.02. The molecule has 4 N–H and O–H groups in total. The summed E-state index contributed by atoms with van der Waals surface area (Å²) in [5.74, 6) is 0.527. The van der Waals surface area contributed by atoms with Crippen molar-refractivity contribution in [3.8, 4) is 0 Å². The molecule has 20 heavy (non-hydrogen) atoms. The highest BCUT2D eigenvalue weighted by atomic mass is 32.3. The Morgan fingerprint density at radius 1 is 0.850 bits per heavy atom. The van der Waals surface area contributed by atoms with E-state index in [1.807, 2.05) is 41.8 Å². The van der Waals surface area contributed by atoms with Crippen LogP contribution in [0.4, 0.5) is 5.82 Å². The van der Waals surface area contributed by atoms with Crippen molar-refractivity contribution in [3.05, 3.63) is 66.0 Å². The van der Waals surface area contributed by atoms with Crippen LogP contribution in [0.2, 0.25) is 0 Å². The van der Waals surface area contributed by atoms with Gasteiger partial charge in [-0.05, 0) is 24.3 Å². The van der Waals surface area contributed by atoms with Gasteiger partial charge >= 0.3 is 0 Å². The van der Waals surface area contributed by atoms with Gasteiger partial charge in [-0.1, -0.05) is 46.6 Å². The van der Waals surface area contributed by atoms with Crippen molar-refractivity contribution in [2.75, 3.05) is 5.73 Å². The lowest BCUT2D eigenvalue weighted by atomic mass is 10.4. The van der Waals surface area contributed by atoms with Gasteiger partial charge in [0.15, 0.2) is 4.34 Å². The Labute approximate surface area is 123 Å². The molecular formula is C15H15N3S2. The van der Waals surface area contributed by atoms with Crippen molar-refractivity contribution >= 4 is 27.4 Å². The highest BCUT2D eigenvalue weighted by Crippen LogP contribution is 2.63. The fraction of sp³-hybridized carbons (Fsp3) is 0. The monoisotopic (exact) mass is 301 g/mol. The third-order valence-corrected chi connectivity index (χ3v) is 7.41. The van der Waals surface area contributed by atoms with E-state index in [9.17, 15) is 0 Å². The number of nitrogens with zero attached hydrogens (tertiary/aromatic N) is 1. The molecule has 0 bridgehead atoms. The van der Waals surface area contributed by atoms with E-state index in [0.29, 0.717) is 5.82 Å². The molecule has 102 valence electrons.